The van der Waals surface area contributed by atoms with Crippen molar-refractivity contribution >= 4 is 5.97 Å². The predicted octanol–water partition coefficient (Wildman–Crippen LogP) is 2.00. The van der Waals surface area contributed by atoms with Crippen LogP contribution < -0.4 is 0 Å². The third kappa shape index (κ3) is 4.31. The molecule has 108 valence electrons. The van der Waals surface area contributed by atoms with Gasteiger partial charge in [-0.2, -0.15) is 0 Å². The molecule has 0 spiro atoms. The Morgan fingerprint density at radius 2 is 2.05 bits per heavy atom. The minimum absolute atomic E-state index is 0.153. The summed E-state index contributed by atoms with van der Waals surface area (Å²) in [6, 6.07) is 0. The van der Waals surface area contributed by atoms with Gasteiger partial charge in [-0.1, -0.05) is 26.0 Å². The van der Waals surface area contributed by atoms with Gasteiger partial charge >= 0.3 is 5.97 Å². The van der Waals surface area contributed by atoms with Crippen molar-refractivity contribution in [3.05, 3.63) is 11.4 Å². The molecule has 0 aliphatic rings. The first-order valence-corrected chi connectivity index (χ1v) is 6.80. The van der Waals surface area contributed by atoms with Crippen LogP contribution in [0, 0.1) is 0 Å². The van der Waals surface area contributed by atoms with Crippen molar-refractivity contribution in [3.8, 4) is 0 Å². The first kappa shape index (κ1) is 15.6. The number of rotatable bonds is 8. The second-order valence-electron chi connectivity index (χ2n) is 4.53. The van der Waals surface area contributed by atoms with E-state index in [9.17, 15) is 4.79 Å². The first-order valence-electron chi connectivity index (χ1n) is 6.80. The van der Waals surface area contributed by atoms with Crippen LogP contribution in [-0.4, -0.2) is 40.8 Å². The summed E-state index contributed by atoms with van der Waals surface area (Å²) in [5.41, 5.74) is 1.12. The Morgan fingerprint density at radius 1 is 1.32 bits per heavy atom. The fraction of sp³-hybridized carbons (Fsp3) is 0.769. The van der Waals surface area contributed by atoms with E-state index in [0.29, 0.717) is 25.5 Å². The minimum Gasteiger partial charge on any atom is -0.461 e. The molecule has 0 saturated heterocycles. The van der Waals surface area contributed by atoms with Crippen molar-refractivity contribution in [1.29, 1.82) is 0 Å². The number of hydrogen-bond donors (Lipinski definition) is 0. The van der Waals surface area contributed by atoms with Crippen molar-refractivity contribution in [2.24, 2.45) is 0 Å². The van der Waals surface area contributed by atoms with Gasteiger partial charge in [0.2, 0.25) is 0 Å². The van der Waals surface area contributed by atoms with E-state index >= 15 is 0 Å². The number of esters is 1. The quantitative estimate of drug-likeness (QED) is 0.533. The second kappa shape index (κ2) is 7.89. The summed E-state index contributed by atoms with van der Waals surface area (Å²) in [6.45, 7) is 10.1. The smallest absolute Gasteiger partial charge is 0.360 e. The molecule has 0 radical (unpaired) electrons. The highest BCUT2D eigenvalue weighted by molar-refractivity contribution is 5.88. The first-order chi connectivity index (χ1) is 9.11. The zero-order valence-electron chi connectivity index (χ0n) is 12.2. The zero-order valence-corrected chi connectivity index (χ0v) is 12.2. The second-order valence-corrected chi connectivity index (χ2v) is 4.53. The van der Waals surface area contributed by atoms with Gasteiger partial charge in [0.1, 0.15) is 0 Å². The lowest BCUT2D eigenvalue weighted by Crippen LogP contribution is -2.14. The molecule has 1 aromatic heterocycles. The normalized spacial score (nSPS) is 11.0. The maximum absolute atomic E-state index is 11.8. The van der Waals surface area contributed by atoms with E-state index in [2.05, 4.69) is 17.2 Å². The van der Waals surface area contributed by atoms with Crippen LogP contribution in [0.5, 0.6) is 0 Å². The Hall–Kier alpha value is -1.43. The predicted molar refractivity (Wildman–Crippen MR) is 71.2 cm³/mol. The van der Waals surface area contributed by atoms with Gasteiger partial charge in [0.25, 0.3) is 0 Å². The molecule has 0 amide bonds. The molecule has 0 aromatic carbocycles. The lowest BCUT2D eigenvalue weighted by molar-refractivity contribution is 0.0517. The summed E-state index contributed by atoms with van der Waals surface area (Å²) < 4.78 is 12.2. The van der Waals surface area contributed by atoms with Gasteiger partial charge in [0.05, 0.1) is 25.5 Å². The highest BCUT2D eigenvalue weighted by Crippen LogP contribution is 2.18. The van der Waals surface area contributed by atoms with Crippen molar-refractivity contribution in [1.82, 2.24) is 15.0 Å². The van der Waals surface area contributed by atoms with Crippen molar-refractivity contribution in [3.63, 3.8) is 0 Å². The van der Waals surface area contributed by atoms with Gasteiger partial charge in [0.15, 0.2) is 5.69 Å². The standard InChI is InChI=1S/C13H23N3O3/c1-5-8-18-9-7-16-12(10(3)4)11(14-15-16)13(17)19-6-2/h10H,5-9H2,1-4H3. The van der Waals surface area contributed by atoms with Crippen LogP contribution in [0.4, 0.5) is 0 Å². The van der Waals surface area contributed by atoms with Gasteiger partial charge < -0.3 is 9.47 Å². The monoisotopic (exact) mass is 269 g/mol. The van der Waals surface area contributed by atoms with E-state index in [-0.39, 0.29) is 5.92 Å². The molecule has 0 aliphatic carbocycles. The number of carbonyl (C=O) groups is 1. The highest BCUT2D eigenvalue weighted by Gasteiger charge is 2.22. The van der Waals surface area contributed by atoms with Crippen LogP contribution >= 0.6 is 0 Å². The van der Waals surface area contributed by atoms with Crippen molar-refractivity contribution in [2.75, 3.05) is 19.8 Å². The molecule has 19 heavy (non-hydrogen) atoms. The van der Waals surface area contributed by atoms with Crippen LogP contribution in [0.15, 0.2) is 0 Å². The van der Waals surface area contributed by atoms with Gasteiger partial charge in [0, 0.05) is 6.61 Å². The van der Waals surface area contributed by atoms with Crippen LogP contribution in [-0.2, 0) is 16.0 Å². The topological polar surface area (TPSA) is 66.2 Å². The average Bonchev–Trinajstić information content (AvgIpc) is 2.79. The summed E-state index contributed by atoms with van der Waals surface area (Å²) in [4.78, 5) is 11.8. The van der Waals surface area contributed by atoms with Gasteiger partial charge in [-0.05, 0) is 19.3 Å². The molecule has 0 atom stereocenters. The third-order valence-corrected chi connectivity index (χ3v) is 2.58. The van der Waals surface area contributed by atoms with Crippen molar-refractivity contribution in [2.45, 2.75) is 46.6 Å². The number of nitrogens with zero attached hydrogens (tertiary/aromatic N) is 3. The Balaban J connectivity index is 2.78. The lowest BCUT2D eigenvalue weighted by Gasteiger charge is -2.10. The third-order valence-electron chi connectivity index (χ3n) is 2.58. The van der Waals surface area contributed by atoms with Gasteiger partial charge in [-0.15, -0.1) is 5.10 Å². The largest absolute Gasteiger partial charge is 0.461 e. The molecule has 0 bridgehead atoms. The van der Waals surface area contributed by atoms with Crippen LogP contribution in [0.1, 0.15) is 56.2 Å². The summed E-state index contributed by atoms with van der Waals surface area (Å²) >= 11 is 0. The van der Waals surface area contributed by atoms with E-state index in [1.807, 2.05) is 13.8 Å². The molecule has 1 rings (SSSR count). The summed E-state index contributed by atoms with van der Waals surface area (Å²) in [7, 11) is 0. The lowest BCUT2D eigenvalue weighted by atomic mass is 10.1. The molecular weight excluding hydrogens is 246 g/mol. The SMILES string of the molecule is CCCOCCn1nnc(C(=O)OCC)c1C(C)C. The Kier molecular flexibility index (Phi) is 6.49. The van der Waals surface area contributed by atoms with E-state index in [1.54, 1.807) is 11.6 Å². The highest BCUT2D eigenvalue weighted by atomic mass is 16.5. The van der Waals surface area contributed by atoms with E-state index < -0.39 is 5.97 Å². The maximum Gasteiger partial charge on any atom is 0.360 e. The fourth-order valence-electron chi connectivity index (χ4n) is 1.80. The fourth-order valence-corrected chi connectivity index (χ4v) is 1.80. The van der Waals surface area contributed by atoms with Crippen LogP contribution in [0.2, 0.25) is 0 Å². The summed E-state index contributed by atoms with van der Waals surface area (Å²) in [6.07, 6.45) is 0.989. The van der Waals surface area contributed by atoms with Gasteiger partial charge in [-0.25, -0.2) is 9.48 Å². The molecular formula is C13H23N3O3. The Bertz CT molecular complexity index is 402. The van der Waals surface area contributed by atoms with Crippen LogP contribution in [0.3, 0.4) is 0 Å². The molecule has 0 aliphatic heterocycles. The number of aromatic nitrogens is 3. The summed E-state index contributed by atoms with van der Waals surface area (Å²) in [5.74, 6) is -0.257. The van der Waals surface area contributed by atoms with Crippen molar-refractivity contribution < 1.29 is 14.3 Å². The molecule has 1 aromatic rings. The molecule has 0 saturated carbocycles. The molecule has 6 heteroatoms. The summed E-state index contributed by atoms with van der Waals surface area (Å²) in [5, 5.41) is 7.96. The molecule has 0 unspecified atom stereocenters. The minimum atomic E-state index is -0.410. The number of ether oxygens (including phenoxy) is 2. The Morgan fingerprint density at radius 3 is 2.63 bits per heavy atom. The number of hydrogen-bond acceptors (Lipinski definition) is 5. The number of carbonyl (C=O) groups excluding carboxylic acids is 1. The molecule has 1 heterocycles. The van der Waals surface area contributed by atoms with E-state index in [4.69, 9.17) is 9.47 Å². The van der Waals surface area contributed by atoms with E-state index in [0.717, 1.165) is 18.7 Å². The van der Waals surface area contributed by atoms with E-state index in [1.165, 1.54) is 0 Å². The molecule has 0 N–H and O–H groups in total. The average molecular weight is 269 g/mol. The Labute approximate surface area is 114 Å². The molecule has 0 fully saturated rings. The van der Waals surface area contributed by atoms with Crippen LogP contribution in [0.25, 0.3) is 0 Å². The molecule has 6 nitrogen and oxygen atoms in total. The maximum atomic E-state index is 11.8. The zero-order chi connectivity index (χ0) is 14.3. The van der Waals surface area contributed by atoms with Gasteiger partial charge in [-0.3, -0.25) is 0 Å².